The lowest BCUT2D eigenvalue weighted by Crippen LogP contribution is -2.23. The average molecular weight is 517 g/mol. The summed E-state index contributed by atoms with van der Waals surface area (Å²) in [4.78, 5) is 4.57. The van der Waals surface area contributed by atoms with Crippen molar-refractivity contribution in [3.8, 4) is 30.1 Å². The van der Waals surface area contributed by atoms with Gasteiger partial charge in [0.25, 0.3) is 0 Å². The van der Waals surface area contributed by atoms with Gasteiger partial charge in [-0.05, 0) is 99.3 Å². The second-order valence-corrected chi connectivity index (χ2v) is 9.26. The third-order valence-electron chi connectivity index (χ3n) is 6.71. The first-order valence-corrected chi connectivity index (χ1v) is 13.5. The molecule has 204 valence electrons. The lowest BCUT2D eigenvalue weighted by atomic mass is 9.92. The fourth-order valence-corrected chi connectivity index (χ4v) is 4.30. The predicted octanol–water partition coefficient (Wildman–Crippen LogP) is 6.57. The van der Waals surface area contributed by atoms with Gasteiger partial charge in [-0.2, -0.15) is 0 Å². The first-order valence-electron chi connectivity index (χ1n) is 13.5. The van der Waals surface area contributed by atoms with E-state index in [9.17, 15) is 5.11 Å². The Balaban J connectivity index is 0.000000321. The van der Waals surface area contributed by atoms with E-state index in [2.05, 4.69) is 79.9 Å². The number of hydrogen-bond donors (Lipinski definition) is 1. The van der Waals surface area contributed by atoms with E-state index in [0.29, 0.717) is 12.4 Å². The number of ether oxygens (including phenoxy) is 2. The highest BCUT2D eigenvalue weighted by Crippen LogP contribution is 2.25. The minimum atomic E-state index is 0.408. The average Bonchev–Trinajstić information content (AvgIpc) is 2.97. The number of terminal acetylenes is 1. The molecule has 0 saturated heterocycles. The van der Waals surface area contributed by atoms with E-state index in [4.69, 9.17) is 9.47 Å². The number of rotatable bonds is 10. The molecule has 5 heteroatoms. The minimum Gasteiger partial charge on any atom is -0.508 e. The molecule has 1 N–H and O–H groups in total. The molecular formula is C33H44N2O3. The molecule has 0 aliphatic heterocycles. The Kier molecular flexibility index (Phi) is 13.7. The summed E-state index contributed by atoms with van der Waals surface area (Å²) in [6, 6.07) is 22.3. The molecule has 0 fully saturated rings. The van der Waals surface area contributed by atoms with Crippen molar-refractivity contribution in [1.82, 2.24) is 4.90 Å². The normalized spacial score (nSPS) is 11.8. The minimum absolute atomic E-state index is 0.408. The highest BCUT2D eigenvalue weighted by molar-refractivity contribution is 5.51. The van der Waals surface area contributed by atoms with E-state index in [0.717, 1.165) is 44.1 Å². The van der Waals surface area contributed by atoms with Crippen LogP contribution in [0.2, 0.25) is 0 Å². The zero-order chi connectivity index (χ0) is 27.8. The molecule has 1 aliphatic rings. The first-order chi connectivity index (χ1) is 18.5. The number of anilines is 1. The fraction of sp³-hybridized carbons (Fsp3) is 0.394. The van der Waals surface area contributed by atoms with Crippen molar-refractivity contribution in [3.05, 3.63) is 83.4 Å². The van der Waals surface area contributed by atoms with E-state index in [1.165, 1.54) is 41.6 Å². The second-order valence-electron chi connectivity index (χ2n) is 9.26. The summed E-state index contributed by atoms with van der Waals surface area (Å²) in [5.74, 6) is 2.22. The number of nitrogens with zero attached hydrogens (tertiary/aromatic N) is 2. The number of hydrogen-bond acceptors (Lipinski definition) is 5. The standard InChI is InChI=1S/C21H30N2O2.C10H12O.C2H2/c1-5-22(3)14-15-25-20-12-10-18(11-13-20)17-23(6-2)19-8-7-9-21(16-19)24-4;11-10-6-5-8-3-1-2-4-9(8)7-10;1-2/h7-13,16H,5-6,14-15,17H2,1-4H3;5-7,11H,1-4H2;1-2H. The van der Waals surface area contributed by atoms with Crippen LogP contribution in [-0.4, -0.2) is 50.4 Å². The smallest absolute Gasteiger partial charge is 0.120 e. The number of methoxy groups -OCH3 is 1. The van der Waals surface area contributed by atoms with E-state index in [1.807, 2.05) is 24.3 Å². The van der Waals surface area contributed by atoms with Crippen LogP contribution in [0.3, 0.4) is 0 Å². The maximum absolute atomic E-state index is 9.19. The molecule has 38 heavy (non-hydrogen) atoms. The van der Waals surface area contributed by atoms with Crippen molar-refractivity contribution in [2.24, 2.45) is 0 Å². The van der Waals surface area contributed by atoms with Crippen molar-refractivity contribution in [1.29, 1.82) is 0 Å². The second kappa shape index (κ2) is 17.0. The third-order valence-corrected chi connectivity index (χ3v) is 6.71. The van der Waals surface area contributed by atoms with Crippen LogP contribution in [0.25, 0.3) is 0 Å². The van der Waals surface area contributed by atoms with Crippen molar-refractivity contribution in [3.63, 3.8) is 0 Å². The van der Waals surface area contributed by atoms with Crippen LogP contribution in [0.1, 0.15) is 43.4 Å². The number of phenolic OH excluding ortho intramolecular Hbond substituents is 1. The van der Waals surface area contributed by atoms with Crippen LogP contribution < -0.4 is 14.4 Å². The zero-order valence-electron chi connectivity index (χ0n) is 23.5. The van der Waals surface area contributed by atoms with Gasteiger partial charge >= 0.3 is 0 Å². The summed E-state index contributed by atoms with van der Waals surface area (Å²) in [5, 5.41) is 9.19. The largest absolute Gasteiger partial charge is 0.508 e. The van der Waals surface area contributed by atoms with Crippen LogP contribution in [0.15, 0.2) is 66.7 Å². The molecule has 0 radical (unpaired) electrons. The highest BCUT2D eigenvalue weighted by atomic mass is 16.5. The molecule has 0 amide bonds. The summed E-state index contributed by atoms with van der Waals surface area (Å²) < 4.78 is 11.1. The Labute approximate surface area is 230 Å². The fourth-order valence-electron chi connectivity index (χ4n) is 4.30. The van der Waals surface area contributed by atoms with Gasteiger partial charge in [-0.15, -0.1) is 12.8 Å². The number of phenols is 1. The lowest BCUT2D eigenvalue weighted by Gasteiger charge is -2.24. The molecule has 0 heterocycles. The van der Waals surface area contributed by atoms with Gasteiger partial charge < -0.3 is 24.4 Å². The summed E-state index contributed by atoms with van der Waals surface area (Å²) in [6.45, 7) is 8.82. The Morgan fingerprint density at radius 1 is 0.842 bits per heavy atom. The SMILES string of the molecule is C#C.CCN(C)CCOc1ccc(CN(CC)c2cccc(OC)c2)cc1.Oc1ccc2c(c1)CCCC2. The molecule has 4 rings (SSSR count). The molecule has 0 saturated carbocycles. The Morgan fingerprint density at radius 3 is 2.21 bits per heavy atom. The summed E-state index contributed by atoms with van der Waals surface area (Å²) in [7, 11) is 3.80. The van der Waals surface area contributed by atoms with Gasteiger partial charge in [-0.3, -0.25) is 0 Å². The predicted molar refractivity (Wildman–Crippen MR) is 159 cm³/mol. The van der Waals surface area contributed by atoms with Crippen LogP contribution in [0, 0.1) is 12.8 Å². The molecule has 0 aromatic heterocycles. The number of likely N-dealkylation sites (N-methyl/N-ethyl adjacent to an activating group) is 1. The van der Waals surface area contributed by atoms with Crippen LogP contribution in [0.5, 0.6) is 17.2 Å². The number of aromatic hydroxyl groups is 1. The van der Waals surface area contributed by atoms with Crippen molar-refractivity contribution in [2.45, 2.75) is 46.1 Å². The van der Waals surface area contributed by atoms with Crippen LogP contribution in [0.4, 0.5) is 5.69 Å². The molecular weight excluding hydrogens is 472 g/mol. The lowest BCUT2D eigenvalue weighted by molar-refractivity contribution is 0.244. The third kappa shape index (κ3) is 10.0. The topological polar surface area (TPSA) is 45.2 Å². The number of aryl methyl sites for hydroxylation is 2. The van der Waals surface area contributed by atoms with Gasteiger partial charge in [0.05, 0.1) is 7.11 Å². The van der Waals surface area contributed by atoms with Crippen LogP contribution >= 0.6 is 0 Å². The summed E-state index contributed by atoms with van der Waals surface area (Å²) in [5.41, 5.74) is 5.21. The first kappa shape index (κ1) is 30.6. The maximum atomic E-state index is 9.19. The van der Waals surface area contributed by atoms with Crippen LogP contribution in [-0.2, 0) is 19.4 Å². The van der Waals surface area contributed by atoms with Crippen molar-refractivity contribution in [2.75, 3.05) is 45.3 Å². The molecule has 1 aliphatic carbocycles. The van der Waals surface area contributed by atoms with Gasteiger partial charge in [0.2, 0.25) is 0 Å². The monoisotopic (exact) mass is 516 g/mol. The van der Waals surface area contributed by atoms with Gasteiger partial charge in [-0.1, -0.05) is 31.2 Å². The Bertz CT molecular complexity index is 1090. The van der Waals surface area contributed by atoms with Gasteiger partial charge in [0.1, 0.15) is 23.9 Å². The van der Waals surface area contributed by atoms with E-state index in [-0.39, 0.29) is 0 Å². The molecule has 3 aromatic rings. The van der Waals surface area contributed by atoms with E-state index >= 15 is 0 Å². The molecule has 5 nitrogen and oxygen atoms in total. The van der Waals surface area contributed by atoms with Gasteiger partial charge in [0.15, 0.2) is 0 Å². The van der Waals surface area contributed by atoms with E-state index < -0.39 is 0 Å². The Hall–Kier alpha value is -3.62. The number of fused-ring (bicyclic) bond motifs is 1. The molecule has 0 atom stereocenters. The van der Waals surface area contributed by atoms with Gasteiger partial charge in [-0.25, -0.2) is 0 Å². The zero-order valence-corrected chi connectivity index (χ0v) is 23.5. The van der Waals surface area contributed by atoms with E-state index in [1.54, 1.807) is 13.2 Å². The summed E-state index contributed by atoms with van der Waals surface area (Å²) in [6.07, 6.45) is 12.9. The maximum Gasteiger partial charge on any atom is 0.120 e. The molecule has 0 spiro atoms. The molecule has 0 unspecified atom stereocenters. The quantitative estimate of drug-likeness (QED) is 0.309. The highest BCUT2D eigenvalue weighted by Gasteiger charge is 2.09. The Morgan fingerprint density at radius 2 is 1.55 bits per heavy atom. The molecule has 0 bridgehead atoms. The summed E-state index contributed by atoms with van der Waals surface area (Å²) >= 11 is 0. The van der Waals surface area contributed by atoms with Crippen molar-refractivity contribution < 1.29 is 14.6 Å². The molecule has 3 aromatic carbocycles. The number of benzene rings is 3. The van der Waals surface area contributed by atoms with Crippen molar-refractivity contribution >= 4 is 5.69 Å². The van der Waals surface area contributed by atoms with Gasteiger partial charge in [0, 0.05) is 31.4 Å².